The highest BCUT2D eigenvalue weighted by Gasteiger charge is 2.36. The van der Waals surface area contributed by atoms with Crippen molar-refractivity contribution in [3.05, 3.63) is 0 Å². The van der Waals surface area contributed by atoms with Crippen LogP contribution in [0.3, 0.4) is 0 Å². The van der Waals surface area contributed by atoms with Crippen LogP contribution in [0, 0.1) is 23.7 Å². The van der Waals surface area contributed by atoms with Gasteiger partial charge < -0.3 is 8.85 Å². The van der Waals surface area contributed by atoms with Gasteiger partial charge in [0.25, 0.3) is 0 Å². The van der Waals surface area contributed by atoms with Crippen molar-refractivity contribution in [3.8, 4) is 12.3 Å². The average molecular weight is 287 g/mol. The largest absolute Gasteiger partial charge is 0.400 e. The van der Waals surface area contributed by atoms with Gasteiger partial charge in [-0.15, -0.1) is 12.3 Å². The van der Waals surface area contributed by atoms with Gasteiger partial charge in [-0.3, -0.25) is 0 Å². The molecular weight excluding hydrogens is 256 g/mol. The van der Waals surface area contributed by atoms with Gasteiger partial charge in [0.1, 0.15) is 6.29 Å². The van der Waals surface area contributed by atoms with Crippen LogP contribution in [0.25, 0.3) is 0 Å². The second kappa shape index (κ2) is 9.79. The van der Waals surface area contributed by atoms with Crippen molar-refractivity contribution in [2.75, 3.05) is 0 Å². The zero-order valence-electron chi connectivity index (χ0n) is 12.8. The molecule has 0 N–H and O–H groups in total. The highest BCUT2D eigenvalue weighted by atomic mass is 28.2. The van der Waals surface area contributed by atoms with E-state index in [0.29, 0.717) is 0 Å². The molecule has 4 heteroatoms. The minimum absolute atomic E-state index is 0.0749. The van der Waals surface area contributed by atoms with Gasteiger partial charge in [-0.2, -0.15) is 0 Å². The molecule has 106 valence electrons. The molecule has 0 amide bonds. The van der Waals surface area contributed by atoms with Crippen molar-refractivity contribution in [1.82, 2.24) is 0 Å². The van der Waals surface area contributed by atoms with E-state index in [0.717, 1.165) is 6.42 Å². The number of unbranched alkanes of at least 4 members (excludes halogenated alkanes) is 2. The Morgan fingerprint density at radius 2 is 1.72 bits per heavy atom. The summed E-state index contributed by atoms with van der Waals surface area (Å²) < 4.78 is 11.8. The Bertz CT molecular complexity index is 243. The summed E-state index contributed by atoms with van der Waals surface area (Å²) in [6, 6.07) is 0. The Balaban J connectivity index is 4.63. The number of rotatable bonds is 10. The molecule has 0 saturated heterocycles. The Hall–Kier alpha value is -0.0862. The van der Waals surface area contributed by atoms with Gasteiger partial charge in [0.15, 0.2) is 19.5 Å². The summed E-state index contributed by atoms with van der Waals surface area (Å²) in [5, 5.41) is 0. The van der Waals surface area contributed by atoms with Crippen LogP contribution in [-0.4, -0.2) is 25.8 Å². The molecule has 0 aliphatic heterocycles. The van der Waals surface area contributed by atoms with E-state index in [-0.39, 0.29) is 17.6 Å². The van der Waals surface area contributed by atoms with Crippen molar-refractivity contribution in [2.24, 2.45) is 11.3 Å². The lowest BCUT2D eigenvalue weighted by Gasteiger charge is -2.38. The van der Waals surface area contributed by atoms with Gasteiger partial charge in [0.2, 0.25) is 0 Å². The lowest BCUT2D eigenvalue weighted by molar-refractivity contribution is -0.0961. The summed E-state index contributed by atoms with van der Waals surface area (Å²) in [6.45, 7) is 10.9. The van der Waals surface area contributed by atoms with Crippen molar-refractivity contribution >= 4 is 19.5 Å². The molecule has 18 heavy (non-hydrogen) atoms. The van der Waals surface area contributed by atoms with E-state index < -0.39 is 19.5 Å². The van der Waals surface area contributed by atoms with Crippen LogP contribution >= 0.6 is 0 Å². The van der Waals surface area contributed by atoms with Crippen LogP contribution in [0.5, 0.6) is 0 Å². The molecule has 2 nitrogen and oxygen atoms in total. The van der Waals surface area contributed by atoms with Gasteiger partial charge >= 0.3 is 0 Å². The van der Waals surface area contributed by atoms with E-state index in [2.05, 4.69) is 39.8 Å². The summed E-state index contributed by atoms with van der Waals surface area (Å²) in [5.74, 6) is 3.21. The highest BCUT2D eigenvalue weighted by Crippen LogP contribution is 2.36. The van der Waals surface area contributed by atoms with Gasteiger partial charge in [0.05, 0.1) is 0 Å². The standard InChI is InChI=1S/C14H30O2Si2/c1-7-9-10-11-12(8-2)14(3,4)13(15-17-5)16-18-6/h2,12-13H,7,9-11,17-18H2,1,3-6H3. The molecule has 0 bridgehead atoms. The van der Waals surface area contributed by atoms with E-state index in [1.165, 1.54) is 19.3 Å². The van der Waals surface area contributed by atoms with Gasteiger partial charge in [-0.05, 0) is 6.42 Å². The molecule has 0 heterocycles. The van der Waals surface area contributed by atoms with Crippen molar-refractivity contribution in [1.29, 1.82) is 0 Å². The molecule has 1 atom stereocenters. The number of hydrogen-bond donors (Lipinski definition) is 0. The topological polar surface area (TPSA) is 18.5 Å². The van der Waals surface area contributed by atoms with Gasteiger partial charge in [0, 0.05) is 11.3 Å². The maximum absolute atomic E-state index is 5.89. The molecule has 0 saturated carbocycles. The SMILES string of the molecule is C#CC(CCCCC)C(C)(C)C(O[SiH2]C)O[SiH2]C. The Morgan fingerprint density at radius 1 is 1.17 bits per heavy atom. The first-order valence-corrected chi connectivity index (χ1v) is 11.2. The third-order valence-corrected chi connectivity index (χ3v) is 4.71. The zero-order chi connectivity index (χ0) is 14.0. The molecule has 0 aromatic heterocycles. The van der Waals surface area contributed by atoms with Crippen LogP contribution in [0.1, 0.15) is 46.5 Å². The second-order valence-electron chi connectivity index (χ2n) is 5.28. The van der Waals surface area contributed by atoms with Gasteiger partial charge in [-0.25, -0.2) is 0 Å². The molecule has 0 aromatic carbocycles. The monoisotopic (exact) mass is 286 g/mol. The maximum atomic E-state index is 5.89. The van der Waals surface area contributed by atoms with Crippen molar-refractivity contribution < 1.29 is 8.85 Å². The van der Waals surface area contributed by atoms with Crippen LogP contribution in [-0.2, 0) is 8.85 Å². The van der Waals surface area contributed by atoms with Crippen LogP contribution in [0.15, 0.2) is 0 Å². The van der Waals surface area contributed by atoms with Crippen molar-refractivity contribution in [2.45, 2.75) is 65.8 Å². The number of hydrogen-bond acceptors (Lipinski definition) is 2. The minimum Gasteiger partial charge on any atom is -0.400 e. The normalized spacial score (nSPS) is 16.4. The fourth-order valence-electron chi connectivity index (χ4n) is 2.21. The molecule has 0 rings (SSSR count). The van der Waals surface area contributed by atoms with E-state index in [1.54, 1.807) is 0 Å². The second-order valence-corrected chi connectivity index (χ2v) is 7.10. The quantitative estimate of drug-likeness (QED) is 0.266. The van der Waals surface area contributed by atoms with Gasteiger partial charge in [-0.1, -0.05) is 53.1 Å². The summed E-state index contributed by atoms with van der Waals surface area (Å²) in [7, 11) is -0.936. The highest BCUT2D eigenvalue weighted by molar-refractivity contribution is 6.26. The maximum Gasteiger partial charge on any atom is 0.161 e. The molecule has 0 aliphatic carbocycles. The minimum atomic E-state index is -0.468. The van der Waals surface area contributed by atoms with E-state index in [4.69, 9.17) is 15.3 Å². The summed E-state index contributed by atoms with van der Waals surface area (Å²) in [6.07, 6.45) is 10.4. The van der Waals surface area contributed by atoms with Crippen LogP contribution < -0.4 is 0 Å². The molecular formula is C14H30O2Si2. The third-order valence-electron chi connectivity index (χ3n) is 3.44. The van der Waals surface area contributed by atoms with Crippen LogP contribution in [0.2, 0.25) is 13.1 Å². The first-order valence-electron chi connectivity index (χ1n) is 7.23. The lowest BCUT2D eigenvalue weighted by Crippen LogP contribution is -2.41. The zero-order valence-corrected chi connectivity index (χ0v) is 15.6. The Kier molecular flexibility index (Phi) is 9.75. The van der Waals surface area contributed by atoms with Crippen molar-refractivity contribution in [3.63, 3.8) is 0 Å². The molecule has 0 radical (unpaired) electrons. The fraction of sp³-hybridized carbons (Fsp3) is 0.857. The summed E-state index contributed by atoms with van der Waals surface area (Å²) in [4.78, 5) is 0. The first-order chi connectivity index (χ1) is 8.54. The summed E-state index contributed by atoms with van der Waals surface area (Å²) in [5.41, 5.74) is -0.0749. The fourth-order valence-corrected chi connectivity index (χ4v) is 4.06. The molecule has 0 spiro atoms. The Labute approximate surface area is 118 Å². The van der Waals surface area contributed by atoms with Crippen LogP contribution in [0.4, 0.5) is 0 Å². The third kappa shape index (κ3) is 5.70. The van der Waals surface area contributed by atoms with E-state index in [1.807, 2.05) is 0 Å². The first kappa shape index (κ1) is 17.9. The smallest absolute Gasteiger partial charge is 0.161 e. The van der Waals surface area contributed by atoms with E-state index >= 15 is 0 Å². The molecule has 0 aromatic rings. The molecule has 1 unspecified atom stereocenters. The summed E-state index contributed by atoms with van der Waals surface area (Å²) >= 11 is 0. The lowest BCUT2D eigenvalue weighted by atomic mass is 9.76. The predicted molar refractivity (Wildman–Crippen MR) is 85.0 cm³/mol. The Morgan fingerprint density at radius 3 is 2.11 bits per heavy atom. The number of terminal acetylenes is 1. The predicted octanol–water partition coefficient (Wildman–Crippen LogP) is 2.47. The van der Waals surface area contributed by atoms with E-state index in [9.17, 15) is 0 Å². The molecule has 0 aliphatic rings. The molecule has 0 fully saturated rings. The average Bonchev–Trinajstić information content (AvgIpc) is 2.34.